The number of carbonyl (C=O) groups is 1. The molecule has 4 rings (SSSR count). The lowest BCUT2D eigenvalue weighted by Crippen LogP contribution is -2.27. The molecular weight excluding hydrogens is 418 g/mol. The largest absolute Gasteiger partial charge is 0.352 e. The first-order valence-corrected chi connectivity index (χ1v) is 12.3. The van der Waals surface area contributed by atoms with Crippen LogP contribution in [0.3, 0.4) is 0 Å². The number of nitrogens with one attached hydrogen (secondary N) is 1. The molecule has 1 aliphatic rings. The molecule has 1 fully saturated rings. The summed E-state index contributed by atoms with van der Waals surface area (Å²) >= 11 is 1.59. The van der Waals surface area contributed by atoms with E-state index >= 15 is 0 Å². The molecule has 6 nitrogen and oxygen atoms in total. The molecule has 30 heavy (non-hydrogen) atoms. The Kier molecular flexibility index (Phi) is 5.87. The fourth-order valence-electron chi connectivity index (χ4n) is 3.39. The second-order valence-corrected chi connectivity index (χ2v) is 10.2. The molecule has 156 valence electrons. The van der Waals surface area contributed by atoms with E-state index in [-0.39, 0.29) is 11.7 Å². The minimum atomic E-state index is -3.26. The maximum atomic E-state index is 12.5. The number of amides is 1. The zero-order valence-electron chi connectivity index (χ0n) is 16.7. The topological polar surface area (TPSA) is 79.4 Å². The van der Waals surface area contributed by atoms with Crippen molar-refractivity contribution in [1.82, 2.24) is 10.3 Å². The summed E-state index contributed by atoms with van der Waals surface area (Å²) in [6.45, 7) is 2.97. The quantitative estimate of drug-likeness (QED) is 0.634. The van der Waals surface area contributed by atoms with Crippen molar-refractivity contribution in [3.8, 4) is 10.6 Å². The average molecular weight is 442 g/mol. The summed E-state index contributed by atoms with van der Waals surface area (Å²) in [6, 6.07) is 15.0. The van der Waals surface area contributed by atoms with Gasteiger partial charge in [-0.15, -0.1) is 11.3 Å². The molecule has 0 aliphatic carbocycles. The molecule has 2 aromatic carbocycles. The van der Waals surface area contributed by atoms with Crippen LogP contribution in [0.4, 0.5) is 5.69 Å². The summed E-state index contributed by atoms with van der Waals surface area (Å²) in [6.07, 6.45) is 1.24. The van der Waals surface area contributed by atoms with Crippen LogP contribution in [0.15, 0.2) is 53.9 Å². The number of sulfonamides is 1. The molecule has 0 saturated carbocycles. The lowest BCUT2D eigenvalue weighted by Gasteiger charge is -2.17. The Balaban J connectivity index is 1.35. The smallest absolute Gasteiger partial charge is 0.251 e. The summed E-state index contributed by atoms with van der Waals surface area (Å²) in [7, 11) is -3.26. The lowest BCUT2D eigenvalue weighted by atomic mass is 10.1. The van der Waals surface area contributed by atoms with Gasteiger partial charge in [0.1, 0.15) is 5.01 Å². The summed E-state index contributed by atoms with van der Waals surface area (Å²) < 4.78 is 25.6. The van der Waals surface area contributed by atoms with Gasteiger partial charge in [0.2, 0.25) is 10.0 Å². The van der Waals surface area contributed by atoms with Gasteiger partial charge in [-0.3, -0.25) is 9.10 Å². The van der Waals surface area contributed by atoms with Crippen LogP contribution >= 0.6 is 11.3 Å². The van der Waals surface area contributed by atoms with Crippen LogP contribution in [-0.4, -0.2) is 38.2 Å². The maximum Gasteiger partial charge on any atom is 0.251 e. The van der Waals surface area contributed by atoms with Gasteiger partial charge in [-0.1, -0.05) is 35.9 Å². The SMILES string of the molecule is Cc1ccc(-c2nc(CCNC(=O)c3cccc(N4CCCS4(=O)=O)c3)cs2)cc1. The summed E-state index contributed by atoms with van der Waals surface area (Å²) in [5.74, 6) is -0.0656. The van der Waals surface area contributed by atoms with Crippen LogP contribution in [0.2, 0.25) is 0 Å². The van der Waals surface area contributed by atoms with Crippen molar-refractivity contribution in [1.29, 1.82) is 0 Å². The second kappa shape index (κ2) is 8.57. The van der Waals surface area contributed by atoms with E-state index in [2.05, 4.69) is 41.5 Å². The summed E-state index contributed by atoms with van der Waals surface area (Å²) in [4.78, 5) is 17.2. The highest BCUT2D eigenvalue weighted by Crippen LogP contribution is 2.25. The van der Waals surface area contributed by atoms with Crippen LogP contribution in [-0.2, 0) is 16.4 Å². The first-order chi connectivity index (χ1) is 14.4. The van der Waals surface area contributed by atoms with Gasteiger partial charge in [-0.25, -0.2) is 13.4 Å². The van der Waals surface area contributed by atoms with E-state index < -0.39 is 10.0 Å². The number of rotatable bonds is 6. The minimum Gasteiger partial charge on any atom is -0.352 e. The molecule has 0 bridgehead atoms. The fraction of sp³-hybridized carbons (Fsp3) is 0.273. The molecule has 1 saturated heterocycles. The van der Waals surface area contributed by atoms with Gasteiger partial charge in [-0.05, 0) is 31.5 Å². The molecule has 1 aliphatic heterocycles. The first kappa shape index (κ1) is 20.6. The molecule has 1 aromatic heterocycles. The van der Waals surface area contributed by atoms with Gasteiger partial charge < -0.3 is 5.32 Å². The van der Waals surface area contributed by atoms with Crippen molar-refractivity contribution in [3.63, 3.8) is 0 Å². The van der Waals surface area contributed by atoms with Crippen LogP contribution < -0.4 is 9.62 Å². The van der Waals surface area contributed by atoms with Crippen molar-refractivity contribution >= 4 is 33.0 Å². The predicted molar refractivity (Wildman–Crippen MR) is 121 cm³/mol. The molecule has 3 aromatic rings. The van der Waals surface area contributed by atoms with Crippen LogP contribution in [0.1, 0.15) is 28.0 Å². The molecule has 2 heterocycles. The number of hydrogen-bond donors (Lipinski definition) is 1. The normalized spacial score (nSPS) is 15.3. The molecular formula is C22H23N3O3S2. The van der Waals surface area contributed by atoms with E-state index in [0.29, 0.717) is 37.2 Å². The Morgan fingerprint density at radius 2 is 2.00 bits per heavy atom. The third-order valence-corrected chi connectivity index (χ3v) is 7.82. The molecule has 0 atom stereocenters. The van der Waals surface area contributed by atoms with E-state index in [1.54, 1.807) is 35.6 Å². The number of benzene rings is 2. The summed E-state index contributed by atoms with van der Waals surface area (Å²) in [5.41, 5.74) is 4.24. The molecule has 1 N–H and O–H groups in total. The third kappa shape index (κ3) is 4.55. The van der Waals surface area contributed by atoms with Crippen LogP contribution in [0.5, 0.6) is 0 Å². The zero-order valence-corrected chi connectivity index (χ0v) is 18.3. The number of thiazole rings is 1. The highest BCUT2D eigenvalue weighted by atomic mass is 32.2. The zero-order chi connectivity index (χ0) is 21.1. The first-order valence-electron chi connectivity index (χ1n) is 9.82. The van der Waals surface area contributed by atoms with Gasteiger partial charge in [0.25, 0.3) is 5.91 Å². The monoisotopic (exact) mass is 441 g/mol. The predicted octanol–water partition coefficient (Wildman–Crippen LogP) is 3.63. The van der Waals surface area contributed by atoms with Gasteiger partial charge in [0, 0.05) is 36.0 Å². The Morgan fingerprint density at radius 3 is 2.73 bits per heavy atom. The summed E-state index contributed by atoms with van der Waals surface area (Å²) in [5, 5.41) is 5.88. The molecule has 0 radical (unpaired) electrons. The van der Waals surface area contributed by atoms with Crippen LogP contribution in [0.25, 0.3) is 10.6 Å². The van der Waals surface area contributed by atoms with Crippen molar-refractivity contribution in [3.05, 3.63) is 70.7 Å². The van der Waals surface area contributed by atoms with Gasteiger partial charge >= 0.3 is 0 Å². The van der Waals surface area contributed by atoms with Crippen LogP contribution in [0, 0.1) is 6.92 Å². The third-order valence-electron chi connectivity index (χ3n) is 5.01. The van der Waals surface area contributed by atoms with Crippen molar-refractivity contribution < 1.29 is 13.2 Å². The second-order valence-electron chi connectivity index (χ2n) is 7.31. The molecule has 8 heteroatoms. The Labute approximate surface area is 180 Å². The number of aromatic nitrogens is 1. The van der Waals surface area contributed by atoms with Crippen molar-refractivity contribution in [2.75, 3.05) is 23.1 Å². The van der Waals surface area contributed by atoms with E-state index in [0.717, 1.165) is 16.3 Å². The molecule has 1 amide bonds. The standard InChI is InChI=1S/C22H23N3O3S2/c1-16-6-8-17(9-7-16)22-24-19(15-29-22)10-11-23-21(26)18-4-2-5-20(14-18)25-12-3-13-30(25,27)28/h2,4-9,14-15H,3,10-13H2,1H3,(H,23,26). The maximum absolute atomic E-state index is 12.5. The van der Waals surface area contributed by atoms with E-state index in [1.165, 1.54) is 9.87 Å². The van der Waals surface area contributed by atoms with Gasteiger partial charge in [0.15, 0.2) is 0 Å². The van der Waals surface area contributed by atoms with Crippen molar-refractivity contribution in [2.45, 2.75) is 19.8 Å². The van der Waals surface area contributed by atoms with E-state index in [9.17, 15) is 13.2 Å². The van der Waals surface area contributed by atoms with Gasteiger partial charge in [0.05, 0.1) is 17.1 Å². The average Bonchev–Trinajstić information content (AvgIpc) is 3.34. The number of nitrogens with zero attached hydrogens (tertiary/aromatic N) is 2. The minimum absolute atomic E-state index is 0.154. The molecule has 0 unspecified atom stereocenters. The number of anilines is 1. The van der Waals surface area contributed by atoms with E-state index in [4.69, 9.17) is 0 Å². The highest BCUT2D eigenvalue weighted by Gasteiger charge is 2.28. The van der Waals surface area contributed by atoms with E-state index in [1.807, 2.05) is 5.38 Å². The molecule has 0 spiro atoms. The lowest BCUT2D eigenvalue weighted by molar-refractivity contribution is 0.0954. The number of aryl methyl sites for hydroxylation is 1. The Bertz CT molecular complexity index is 1150. The van der Waals surface area contributed by atoms with Gasteiger partial charge in [-0.2, -0.15) is 0 Å². The fourth-order valence-corrected chi connectivity index (χ4v) is 5.81. The number of hydrogen-bond acceptors (Lipinski definition) is 5. The highest BCUT2D eigenvalue weighted by molar-refractivity contribution is 7.93. The van der Waals surface area contributed by atoms with Crippen molar-refractivity contribution in [2.24, 2.45) is 0 Å². The number of carbonyl (C=O) groups excluding carboxylic acids is 1. The Morgan fingerprint density at radius 1 is 1.20 bits per heavy atom. The Hall–Kier alpha value is -2.71.